The molecule has 2 aromatic rings. The van der Waals surface area contributed by atoms with Crippen molar-refractivity contribution in [2.45, 2.75) is 23.1 Å². The third kappa shape index (κ3) is 3.79. The summed E-state index contributed by atoms with van der Waals surface area (Å²) in [7, 11) is 0. The predicted octanol–water partition coefficient (Wildman–Crippen LogP) is 2.40. The van der Waals surface area contributed by atoms with Crippen LogP contribution in [0.1, 0.15) is 11.8 Å². The molecule has 0 saturated carbocycles. The first-order valence-electron chi connectivity index (χ1n) is 4.98. The van der Waals surface area contributed by atoms with Crippen molar-refractivity contribution in [1.82, 2.24) is 15.5 Å². The van der Waals surface area contributed by atoms with Crippen molar-refractivity contribution in [3.05, 3.63) is 27.9 Å². The van der Waals surface area contributed by atoms with Gasteiger partial charge in [-0.15, -0.1) is 21.5 Å². The molecule has 0 aromatic carbocycles. The standard InChI is InChI=1S/C10H11N3OS3/c1-7(17-10-13-12-6-16-10)9(14)11-5-8-3-2-4-15-8/h2-4,6-7H,5H2,1H3,(H,11,14)/t7-/m1/s1. The van der Waals surface area contributed by atoms with Crippen LogP contribution in [0, 0.1) is 0 Å². The van der Waals surface area contributed by atoms with E-state index in [9.17, 15) is 4.79 Å². The molecule has 0 saturated heterocycles. The normalized spacial score (nSPS) is 12.3. The van der Waals surface area contributed by atoms with E-state index >= 15 is 0 Å². The lowest BCUT2D eigenvalue weighted by molar-refractivity contribution is -0.120. The molecule has 17 heavy (non-hydrogen) atoms. The number of nitrogens with zero attached hydrogens (tertiary/aromatic N) is 2. The maximum Gasteiger partial charge on any atom is 0.233 e. The molecular weight excluding hydrogens is 274 g/mol. The Hall–Kier alpha value is -0.920. The molecule has 0 aliphatic carbocycles. The van der Waals surface area contributed by atoms with E-state index in [-0.39, 0.29) is 11.2 Å². The SMILES string of the molecule is C[C@@H](Sc1nncs1)C(=O)NCc1cccs1. The minimum atomic E-state index is -0.150. The van der Waals surface area contributed by atoms with E-state index in [1.807, 2.05) is 24.4 Å². The van der Waals surface area contributed by atoms with Crippen LogP contribution in [0.25, 0.3) is 0 Å². The largest absolute Gasteiger partial charge is 0.350 e. The molecule has 1 N–H and O–H groups in total. The fraction of sp³-hybridized carbons (Fsp3) is 0.300. The lowest BCUT2D eigenvalue weighted by Gasteiger charge is -2.09. The molecule has 0 unspecified atom stereocenters. The Balaban J connectivity index is 1.79. The molecule has 1 amide bonds. The molecule has 0 bridgehead atoms. The molecule has 2 aromatic heterocycles. The highest BCUT2D eigenvalue weighted by atomic mass is 32.2. The summed E-state index contributed by atoms with van der Waals surface area (Å²) < 4.78 is 0.823. The molecule has 2 heterocycles. The maximum absolute atomic E-state index is 11.8. The Morgan fingerprint density at radius 1 is 1.59 bits per heavy atom. The van der Waals surface area contributed by atoms with Gasteiger partial charge in [0.2, 0.25) is 5.91 Å². The van der Waals surface area contributed by atoms with Crippen molar-refractivity contribution < 1.29 is 4.79 Å². The number of amides is 1. The van der Waals surface area contributed by atoms with Crippen LogP contribution in [0.3, 0.4) is 0 Å². The van der Waals surface area contributed by atoms with Crippen molar-refractivity contribution in [2.24, 2.45) is 0 Å². The van der Waals surface area contributed by atoms with Gasteiger partial charge < -0.3 is 5.32 Å². The Morgan fingerprint density at radius 3 is 3.12 bits per heavy atom. The minimum Gasteiger partial charge on any atom is -0.350 e. The fourth-order valence-corrected chi connectivity index (χ4v) is 3.44. The number of thioether (sulfide) groups is 1. The molecule has 0 radical (unpaired) electrons. The number of carbonyl (C=O) groups is 1. The first-order chi connectivity index (χ1) is 8.25. The van der Waals surface area contributed by atoms with Crippen LogP contribution >= 0.6 is 34.4 Å². The summed E-state index contributed by atoms with van der Waals surface area (Å²) in [5.41, 5.74) is 1.67. The van der Waals surface area contributed by atoms with Gasteiger partial charge in [0.05, 0.1) is 11.8 Å². The van der Waals surface area contributed by atoms with Gasteiger partial charge in [0, 0.05) is 4.88 Å². The summed E-state index contributed by atoms with van der Waals surface area (Å²) in [5.74, 6) is 0.0265. The number of nitrogens with one attached hydrogen (secondary N) is 1. The first kappa shape index (κ1) is 12.5. The molecular formula is C10H11N3OS3. The fourth-order valence-electron chi connectivity index (χ4n) is 1.15. The summed E-state index contributed by atoms with van der Waals surface area (Å²) in [6, 6.07) is 3.99. The topological polar surface area (TPSA) is 54.9 Å². The Labute approximate surface area is 111 Å². The van der Waals surface area contributed by atoms with E-state index in [0.717, 1.165) is 9.22 Å². The Kier molecular flexibility index (Phi) is 4.52. The van der Waals surface area contributed by atoms with Crippen LogP contribution in [0.5, 0.6) is 0 Å². The number of rotatable bonds is 5. The van der Waals surface area contributed by atoms with Crippen molar-refractivity contribution in [1.29, 1.82) is 0 Å². The molecule has 1 atom stereocenters. The van der Waals surface area contributed by atoms with Gasteiger partial charge in [-0.2, -0.15) is 0 Å². The average Bonchev–Trinajstić information content (AvgIpc) is 2.98. The maximum atomic E-state index is 11.8. The van der Waals surface area contributed by atoms with Crippen LogP contribution in [0.2, 0.25) is 0 Å². The van der Waals surface area contributed by atoms with Gasteiger partial charge in [-0.3, -0.25) is 4.79 Å². The summed E-state index contributed by atoms with van der Waals surface area (Å²) in [5, 5.41) is 12.4. The molecule has 2 rings (SSSR count). The van der Waals surface area contributed by atoms with Gasteiger partial charge in [0.1, 0.15) is 5.51 Å². The molecule has 0 aliphatic rings. The second-order valence-corrected chi connectivity index (χ2v) is 6.72. The number of thiophene rings is 1. The Bertz CT molecular complexity index is 455. The molecule has 0 spiro atoms. The van der Waals surface area contributed by atoms with E-state index < -0.39 is 0 Å². The Morgan fingerprint density at radius 2 is 2.47 bits per heavy atom. The van der Waals surface area contributed by atoms with Gasteiger partial charge >= 0.3 is 0 Å². The van der Waals surface area contributed by atoms with E-state index in [1.165, 1.54) is 23.1 Å². The highest BCUT2D eigenvalue weighted by Crippen LogP contribution is 2.24. The van der Waals surface area contributed by atoms with Crippen LogP contribution in [0.15, 0.2) is 27.4 Å². The third-order valence-corrected chi connectivity index (χ3v) is 4.79. The summed E-state index contributed by atoms with van der Waals surface area (Å²) in [6.45, 7) is 2.47. The number of carbonyl (C=O) groups excluding carboxylic acids is 1. The van der Waals surface area contributed by atoms with Gasteiger partial charge in [-0.05, 0) is 18.4 Å². The second kappa shape index (κ2) is 6.13. The highest BCUT2D eigenvalue weighted by Gasteiger charge is 2.15. The number of hydrogen-bond acceptors (Lipinski definition) is 6. The molecule has 4 nitrogen and oxygen atoms in total. The number of hydrogen-bond donors (Lipinski definition) is 1. The summed E-state index contributed by atoms with van der Waals surface area (Å²) in [4.78, 5) is 13.0. The third-order valence-electron chi connectivity index (χ3n) is 2.00. The quantitative estimate of drug-likeness (QED) is 0.857. The molecule has 90 valence electrons. The first-order valence-corrected chi connectivity index (χ1v) is 7.62. The van der Waals surface area contributed by atoms with Crippen molar-refractivity contribution in [2.75, 3.05) is 0 Å². The van der Waals surface area contributed by atoms with Crippen LogP contribution < -0.4 is 5.32 Å². The van der Waals surface area contributed by atoms with Gasteiger partial charge in [0.15, 0.2) is 4.34 Å². The van der Waals surface area contributed by atoms with Gasteiger partial charge in [-0.1, -0.05) is 29.2 Å². The lowest BCUT2D eigenvalue weighted by atomic mass is 10.4. The van der Waals surface area contributed by atoms with Gasteiger partial charge in [0.25, 0.3) is 0 Å². The van der Waals surface area contributed by atoms with E-state index in [1.54, 1.807) is 16.8 Å². The number of aromatic nitrogens is 2. The zero-order valence-electron chi connectivity index (χ0n) is 9.12. The highest BCUT2D eigenvalue weighted by molar-refractivity contribution is 8.02. The van der Waals surface area contributed by atoms with E-state index in [2.05, 4.69) is 15.5 Å². The lowest BCUT2D eigenvalue weighted by Crippen LogP contribution is -2.30. The summed E-state index contributed by atoms with van der Waals surface area (Å²) >= 11 is 4.52. The second-order valence-electron chi connectivity index (χ2n) is 3.26. The monoisotopic (exact) mass is 285 g/mol. The zero-order chi connectivity index (χ0) is 12.1. The average molecular weight is 285 g/mol. The van der Waals surface area contributed by atoms with Crippen LogP contribution in [-0.2, 0) is 11.3 Å². The minimum absolute atomic E-state index is 0.0265. The van der Waals surface area contributed by atoms with Crippen molar-refractivity contribution >= 4 is 40.3 Å². The molecule has 0 aliphatic heterocycles. The van der Waals surface area contributed by atoms with Crippen LogP contribution in [-0.4, -0.2) is 21.4 Å². The van der Waals surface area contributed by atoms with Crippen molar-refractivity contribution in [3.8, 4) is 0 Å². The zero-order valence-corrected chi connectivity index (χ0v) is 11.6. The summed E-state index contributed by atoms with van der Waals surface area (Å²) in [6.07, 6.45) is 0. The molecule has 0 fully saturated rings. The van der Waals surface area contributed by atoms with Gasteiger partial charge in [-0.25, -0.2) is 0 Å². The van der Waals surface area contributed by atoms with Crippen LogP contribution in [0.4, 0.5) is 0 Å². The van der Waals surface area contributed by atoms with E-state index in [4.69, 9.17) is 0 Å². The smallest absolute Gasteiger partial charge is 0.233 e. The van der Waals surface area contributed by atoms with Crippen molar-refractivity contribution in [3.63, 3.8) is 0 Å². The predicted molar refractivity (Wildman–Crippen MR) is 71.4 cm³/mol. The van der Waals surface area contributed by atoms with E-state index in [0.29, 0.717) is 6.54 Å². The molecule has 7 heteroatoms.